The van der Waals surface area contributed by atoms with Crippen LogP contribution in [0.15, 0.2) is 4.60 Å². The van der Waals surface area contributed by atoms with E-state index in [9.17, 15) is 9.59 Å². The third-order valence-electron chi connectivity index (χ3n) is 5.15. The van der Waals surface area contributed by atoms with Crippen molar-refractivity contribution in [2.45, 2.75) is 91.3 Å². The van der Waals surface area contributed by atoms with Crippen LogP contribution in [0.4, 0.5) is 9.59 Å². The smallest absolute Gasteiger partial charge is 0.421 e. The van der Waals surface area contributed by atoms with Gasteiger partial charge >= 0.3 is 12.2 Å². The van der Waals surface area contributed by atoms with E-state index in [1.165, 1.54) is 0 Å². The van der Waals surface area contributed by atoms with Crippen molar-refractivity contribution in [3.63, 3.8) is 0 Å². The van der Waals surface area contributed by atoms with Gasteiger partial charge in [0, 0.05) is 24.6 Å². The average Bonchev–Trinajstić information content (AvgIpc) is 3.14. The number of thiazole rings is 1. The van der Waals surface area contributed by atoms with Gasteiger partial charge in [0.25, 0.3) is 0 Å². The van der Waals surface area contributed by atoms with Gasteiger partial charge in [-0.3, -0.25) is 0 Å². The molecular formula is C23H34BrN3O4S. The summed E-state index contributed by atoms with van der Waals surface area (Å²) in [5.41, 5.74) is 0.617. The Balaban J connectivity index is 1.86. The zero-order valence-electron chi connectivity index (χ0n) is 20.2. The first kappa shape index (κ1) is 25.0. The number of hydrogen-bond donors (Lipinski definition) is 0. The second-order valence-corrected chi connectivity index (χ2v) is 12.4. The summed E-state index contributed by atoms with van der Waals surface area (Å²) in [6, 6.07) is 0. The molecule has 0 radical (unpaired) electrons. The van der Waals surface area contributed by atoms with E-state index < -0.39 is 17.3 Å². The third-order valence-corrected chi connectivity index (χ3v) is 7.17. The lowest BCUT2D eigenvalue weighted by atomic mass is 9.98. The fraction of sp³-hybridized carbons (Fsp3) is 0.696. The summed E-state index contributed by atoms with van der Waals surface area (Å²) < 4.78 is 14.4. The number of carbonyl (C=O) groups excluding carboxylic acids is 2. The van der Waals surface area contributed by atoms with Gasteiger partial charge in [-0.2, -0.15) is 0 Å². The molecule has 3 rings (SSSR count). The second kappa shape index (κ2) is 8.97. The number of ether oxygens (including phenoxy) is 2. The van der Waals surface area contributed by atoms with Gasteiger partial charge in [0.05, 0.1) is 9.71 Å². The van der Waals surface area contributed by atoms with Crippen LogP contribution in [0, 0.1) is 0 Å². The zero-order valence-corrected chi connectivity index (χ0v) is 22.6. The van der Waals surface area contributed by atoms with Crippen molar-refractivity contribution in [1.29, 1.82) is 0 Å². The molecule has 0 saturated carbocycles. The van der Waals surface area contributed by atoms with Crippen LogP contribution in [-0.4, -0.2) is 50.9 Å². The number of hydrogen-bond acceptors (Lipinski definition) is 6. The van der Waals surface area contributed by atoms with E-state index in [0.29, 0.717) is 23.3 Å². The van der Waals surface area contributed by atoms with E-state index in [4.69, 9.17) is 14.5 Å². The van der Waals surface area contributed by atoms with Gasteiger partial charge in [0.2, 0.25) is 0 Å². The maximum absolute atomic E-state index is 13.0. The molecule has 1 amide bonds. The van der Waals surface area contributed by atoms with E-state index in [-0.39, 0.29) is 17.9 Å². The van der Waals surface area contributed by atoms with Crippen LogP contribution in [0.5, 0.6) is 0 Å². The first-order chi connectivity index (χ1) is 14.7. The molecule has 3 heterocycles. The fourth-order valence-corrected chi connectivity index (χ4v) is 6.26. The highest BCUT2D eigenvalue weighted by Crippen LogP contribution is 2.42. The molecule has 1 saturated heterocycles. The Kier molecular flexibility index (Phi) is 7.01. The second-order valence-electron chi connectivity index (χ2n) is 10.6. The van der Waals surface area contributed by atoms with E-state index in [1.807, 2.05) is 41.5 Å². The molecule has 0 bridgehead atoms. The third kappa shape index (κ3) is 5.47. The molecule has 0 spiro atoms. The van der Waals surface area contributed by atoms with E-state index in [1.54, 1.807) is 20.8 Å². The highest BCUT2D eigenvalue weighted by molar-refractivity contribution is 9.10. The SMILES string of the molecule is CC(C)c1c(Br)n(C(=O)OC(C)(C)C)c2nc(C3CCN(C(=O)OC(C)(C)C)CC3)sc12. The quantitative estimate of drug-likeness (QED) is 0.425. The molecule has 32 heavy (non-hydrogen) atoms. The van der Waals surface area contributed by atoms with Crippen molar-refractivity contribution >= 4 is 49.8 Å². The fourth-order valence-electron chi connectivity index (χ4n) is 3.75. The Morgan fingerprint density at radius 2 is 1.56 bits per heavy atom. The summed E-state index contributed by atoms with van der Waals surface area (Å²) in [6.45, 7) is 16.7. The Labute approximate surface area is 202 Å². The van der Waals surface area contributed by atoms with Crippen molar-refractivity contribution in [3.05, 3.63) is 15.2 Å². The largest absolute Gasteiger partial charge is 0.444 e. The average molecular weight is 529 g/mol. The maximum Gasteiger partial charge on any atom is 0.421 e. The minimum atomic E-state index is -0.599. The molecule has 0 aliphatic carbocycles. The first-order valence-electron chi connectivity index (χ1n) is 11.1. The summed E-state index contributed by atoms with van der Waals surface area (Å²) in [6.07, 6.45) is 0.945. The molecule has 0 unspecified atom stereocenters. The number of halogens is 1. The highest BCUT2D eigenvalue weighted by Gasteiger charge is 2.32. The Morgan fingerprint density at radius 1 is 1.03 bits per heavy atom. The lowest BCUT2D eigenvalue weighted by molar-refractivity contribution is 0.0204. The number of piperidine rings is 1. The normalized spacial score (nSPS) is 16.1. The molecule has 7 nitrogen and oxygen atoms in total. The number of aromatic nitrogens is 2. The van der Waals surface area contributed by atoms with Crippen LogP contribution in [-0.2, 0) is 9.47 Å². The molecule has 1 fully saturated rings. The molecule has 1 aliphatic heterocycles. The molecule has 2 aromatic heterocycles. The monoisotopic (exact) mass is 527 g/mol. The predicted octanol–water partition coefficient (Wildman–Crippen LogP) is 6.88. The maximum atomic E-state index is 13.0. The van der Waals surface area contributed by atoms with Gasteiger partial charge < -0.3 is 14.4 Å². The molecule has 0 atom stereocenters. The van der Waals surface area contributed by atoms with Gasteiger partial charge in [-0.25, -0.2) is 19.1 Å². The number of amides is 1. The van der Waals surface area contributed by atoms with Crippen LogP contribution in [0.25, 0.3) is 10.3 Å². The Bertz CT molecular complexity index is 1010. The lowest BCUT2D eigenvalue weighted by Crippen LogP contribution is -2.41. The van der Waals surface area contributed by atoms with Gasteiger partial charge in [-0.05, 0) is 76.2 Å². The standard InChI is InChI=1S/C23H34BrN3O4S/c1-13(2)15-16-18(27(17(15)24)21(29)31-23(6,7)8)25-19(32-16)14-9-11-26(12-10-14)20(28)30-22(3,4)5/h13-14H,9-12H2,1-8H3. The van der Waals surface area contributed by atoms with Crippen LogP contribution < -0.4 is 0 Å². The van der Waals surface area contributed by atoms with E-state index >= 15 is 0 Å². The van der Waals surface area contributed by atoms with Crippen molar-refractivity contribution in [2.24, 2.45) is 0 Å². The Morgan fingerprint density at radius 3 is 2.06 bits per heavy atom. The summed E-state index contributed by atoms with van der Waals surface area (Å²) in [5.74, 6) is 0.467. The number of rotatable bonds is 2. The van der Waals surface area contributed by atoms with Gasteiger partial charge in [0.15, 0.2) is 5.65 Å². The minimum absolute atomic E-state index is 0.220. The summed E-state index contributed by atoms with van der Waals surface area (Å²) in [5, 5.41) is 1.01. The predicted molar refractivity (Wildman–Crippen MR) is 131 cm³/mol. The van der Waals surface area contributed by atoms with Crippen molar-refractivity contribution in [3.8, 4) is 0 Å². The van der Waals surface area contributed by atoms with Crippen LogP contribution in [0.3, 0.4) is 0 Å². The van der Waals surface area contributed by atoms with Crippen molar-refractivity contribution in [1.82, 2.24) is 14.5 Å². The molecular weight excluding hydrogens is 494 g/mol. The zero-order chi connectivity index (χ0) is 24.0. The van der Waals surface area contributed by atoms with Crippen LogP contribution >= 0.6 is 27.3 Å². The highest BCUT2D eigenvalue weighted by atomic mass is 79.9. The molecule has 0 aromatic carbocycles. The minimum Gasteiger partial charge on any atom is -0.444 e. The number of likely N-dealkylation sites (tertiary alicyclic amines) is 1. The topological polar surface area (TPSA) is 73.7 Å². The first-order valence-corrected chi connectivity index (χ1v) is 12.7. The molecule has 0 N–H and O–H groups in total. The number of fused-ring (bicyclic) bond motifs is 1. The molecule has 1 aliphatic rings. The summed E-state index contributed by atoms with van der Waals surface area (Å²) in [7, 11) is 0. The molecule has 178 valence electrons. The van der Waals surface area contributed by atoms with Crippen LogP contribution in [0.1, 0.15) is 90.6 Å². The summed E-state index contributed by atoms with van der Waals surface area (Å²) in [4.78, 5) is 32.0. The van der Waals surface area contributed by atoms with Crippen molar-refractivity contribution in [2.75, 3.05) is 13.1 Å². The van der Waals surface area contributed by atoms with Gasteiger partial charge in [0.1, 0.15) is 15.8 Å². The van der Waals surface area contributed by atoms with Gasteiger partial charge in [-0.1, -0.05) is 13.8 Å². The van der Waals surface area contributed by atoms with E-state index in [0.717, 1.165) is 28.1 Å². The van der Waals surface area contributed by atoms with E-state index in [2.05, 4.69) is 29.8 Å². The number of nitrogens with zero attached hydrogens (tertiary/aromatic N) is 3. The number of carbonyl (C=O) groups is 2. The lowest BCUT2D eigenvalue weighted by Gasteiger charge is -2.32. The van der Waals surface area contributed by atoms with Crippen LogP contribution in [0.2, 0.25) is 0 Å². The Hall–Kier alpha value is -1.61. The molecule has 9 heteroatoms. The summed E-state index contributed by atoms with van der Waals surface area (Å²) >= 11 is 5.27. The molecule has 2 aromatic rings. The van der Waals surface area contributed by atoms with Crippen molar-refractivity contribution < 1.29 is 19.1 Å². The van der Waals surface area contributed by atoms with Gasteiger partial charge in [-0.15, -0.1) is 11.3 Å².